The van der Waals surface area contributed by atoms with Crippen molar-refractivity contribution in [1.29, 1.82) is 0 Å². The average Bonchev–Trinajstić information content (AvgIpc) is 3.23. The number of aryl methyl sites for hydroxylation is 2. The normalized spacial score (nSPS) is 24.0. The van der Waals surface area contributed by atoms with E-state index in [4.69, 9.17) is 4.42 Å². The van der Waals surface area contributed by atoms with Gasteiger partial charge >= 0.3 is 0 Å². The van der Waals surface area contributed by atoms with E-state index < -0.39 is 0 Å². The van der Waals surface area contributed by atoms with Gasteiger partial charge in [-0.1, -0.05) is 0 Å². The number of H-pyrrole nitrogens is 1. The summed E-state index contributed by atoms with van der Waals surface area (Å²) in [6.07, 6.45) is 4.94. The first-order valence-electron chi connectivity index (χ1n) is 8.32. The Labute approximate surface area is 134 Å². The molecular formula is C16H21N5O2. The number of hydrogen-bond acceptors (Lipinski definition) is 5. The van der Waals surface area contributed by atoms with Crippen LogP contribution in [0, 0.1) is 6.92 Å². The van der Waals surface area contributed by atoms with Gasteiger partial charge in [-0.3, -0.25) is 9.89 Å². The maximum atomic E-state index is 13.0. The minimum absolute atomic E-state index is 0.0258. The zero-order valence-electron chi connectivity index (χ0n) is 13.5. The SMILES string of the molecule is Cc1nnc([C@H]2CCCN(C(=O)c3n[nH]c4c3CCC4)[C@H]2C)o1. The monoisotopic (exact) mass is 315 g/mol. The zero-order chi connectivity index (χ0) is 16.0. The second-order valence-electron chi connectivity index (χ2n) is 6.53. The molecular weight excluding hydrogens is 294 g/mol. The van der Waals surface area contributed by atoms with E-state index in [0.29, 0.717) is 17.5 Å². The molecule has 1 fully saturated rings. The predicted molar refractivity (Wildman–Crippen MR) is 82.1 cm³/mol. The Morgan fingerprint density at radius 1 is 1.30 bits per heavy atom. The van der Waals surface area contributed by atoms with Crippen LogP contribution in [0.3, 0.4) is 0 Å². The van der Waals surface area contributed by atoms with E-state index in [1.807, 2.05) is 4.90 Å². The summed E-state index contributed by atoms with van der Waals surface area (Å²) in [4.78, 5) is 14.9. The van der Waals surface area contributed by atoms with Gasteiger partial charge < -0.3 is 9.32 Å². The largest absolute Gasteiger partial charge is 0.425 e. The third kappa shape index (κ3) is 2.34. The number of rotatable bonds is 2. The highest BCUT2D eigenvalue weighted by Crippen LogP contribution is 2.33. The standard InChI is InChI=1S/C16H21N5O2/c1-9-11(15-20-17-10(2)23-15)6-4-8-21(9)16(22)14-12-5-3-7-13(12)18-19-14/h9,11H,3-8H2,1-2H3,(H,18,19)/t9-,11-/m0/s1. The summed E-state index contributed by atoms with van der Waals surface area (Å²) in [5.74, 6) is 1.33. The topological polar surface area (TPSA) is 87.9 Å². The summed E-state index contributed by atoms with van der Waals surface area (Å²) < 4.78 is 5.60. The third-order valence-electron chi connectivity index (χ3n) is 5.12. The van der Waals surface area contributed by atoms with Gasteiger partial charge in [0.2, 0.25) is 11.8 Å². The van der Waals surface area contributed by atoms with Crippen LogP contribution in [0.5, 0.6) is 0 Å². The van der Waals surface area contributed by atoms with Crippen molar-refractivity contribution in [3.05, 3.63) is 28.7 Å². The molecule has 0 spiro atoms. The minimum atomic E-state index is 0.0258. The second kappa shape index (κ2) is 5.47. The van der Waals surface area contributed by atoms with E-state index >= 15 is 0 Å². The van der Waals surface area contributed by atoms with Crippen molar-refractivity contribution in [3.63, 3.8) is 0 Å². The number of carbonyl (C=O) groups is 1. The molecule has 4 rings (SSSR count). The Hall–Kier alpha value is -2.18. The smallest absolute Gasteiger partial charge is 0.274 e. The number of hydrogen-bond donors (Lipinski definition) is 1. The van der Waals surface area contributed by atoms with E-state index in [0.717, 1.165) is 49.9 Å². The lowest BCUT2D eigenvalue weighted by Gasteiger charge is -2.37. The Kier molecular flexibility index (Phi) is 3.43. The lowest BCUT2D eigenvalue weighted by atomic mass is 9.89. The van der Waals surface area contributed by atoms with Crippen molar-refractivity contribution in [2.45, 2.75) is 57.9 Å². The lowest BCUT2D eigenvalue weighted by molar-refractivity contribution is 0.0575. The van der Waals surface area contributed by atoms with Gasteiger partial charge in [0.05, 0.1) is 5.92 Å². The zero-order valence-corrected chi connectivity index (χ0v) is 13.5. The van der Waals surface area contributed by atoms with Crippen molar-refractivity contribution in [1.82, 2.24) is 25.3 Å². The molecule has 3 heterocycles. The van der Waals surface area contributed by atoms with Crippen molar-refractivity contribution in [2.24, 2.45) is 0 Å². The van der Waals surface area contributed by atoms with E-state index in [9.17, 15) is 4.79 Å². The molecule has 1 aliphatic heterocycles. The van der Waals surface area contributed by atoms with Gasteiger partial charge in [0.15, 0.2) is 5.69 Å². The number of piperidine rings is 1. The van der Waals surface area contributed by atoms with Crippen molar-refractivity contribution >= 4 is 5.91 Å². The van der Waals surface area contributed by atoms with Crippen LogP contribution in [0.4, 0.5) is 0 Å². The van der Waals surface area contributed by atoms with E-state index in [1.54, 1.807) is 6.92 Å². The van der Waals surface area contributed by atoms with Crippen LogP contribution < -0.4 is 0 Å². The first-order chi connectivity index (χ1) is 11.1. The van der Waals surface area contributed by atoms with Gasteiger partial charge in [-0.15, -0.1) is 10.2 Å². The molecule has 2 aromatic heterocycles. The Balaban J connectivity index is 1.59. The van der Waals surface area contributed by atoms with Gasteiger partial charge in [0.25, 0.3) is 5.91 Å². The summed E-state index contributed by atoms with van der Waals surface area (Å²) in [6.45, 7) is 4.61. The van der Waals surface area contributed by atoms with Crippen LogP contribution in [0.2, 0.25) is 0 Å². The van der Waals surface area contributed by atoms with E-state index in [1.165, 1.54) is 0 Å². The van der Waals surface area contributed by atoms with Crippen LogP contribution >= 0.6 is 0 Å². The third-order valence-corrected chi connectivity index (χ3v) is 5.12. The van der Waals surface area contributed by atoms with Crippen LogP contribution in [0.1, 0.15) is 65.6 Å². The van der Waals surface area contributed by atoms with Gasteiger partial charge in [-0.2, -0.15) is 5.10 Å². The molecule has 1 amide bonds. The van der Waals surface area contributed by atoms with Gasteiger partial charge in [-0.05, 0) is 39.0 Å². The van der Waals surface area contributed by atoms with Crippen molar-refractivity contribution in [2.75, 3.05) is 6.54 Å². The number of likely N-dealkylation sites (tertiary alicyclic amines) is 1. The fourth-order valence-corrected chi connectivity index (χ4v) is 3.85. The number of aromatic amines is 1. The summed E-state index contributed by atoms with van der Waals surface area (Å²) in [6, 6.07) is 0.0323. The molecule has 2 aliphatic rings. The fourth-order valence-electron chi connectivity index (χ4n) is 3.85. The lowest BCUT2D eigenvalue weighted by Crippen LogP contribution is -2.46. The van der Waals surface area contributed by atoms with Gasteiger partial charge in [0, 0.05) is 30.8 Å². The maximum Gasteiger partial charge on any atom is 0.274 e. The maximum absolute atomic E-state index is 13.0. The molecule has 7 heteroatoms. The summed E-state index contributed by atoms with van der Waals surface area (Å²) in [5, 5.41) is 15.4. The number of nitrogens with one attached hydrogen (secondary N) is 1. The number of amides is 1. The van der Waals surface area contributed by atoms with Crippen molar-refractivity contribution < 1.29 is 9.21 Å². The number of fused-ring (bicyclic) bond motifs is 1. The average molecular weight is 315 g/mol. The van der Waals surface area contributed by atoms with E-state index in [-0.39, 0.29) is 17.9 Å². The summed E-state index contributed by atoms with van der Waals surface area (Å²) in [7, 11) is 0. The molecule has 0 bridgehead atoms. The Morgan fingerprint density at radius 2 is 2.17 bits per heavy atom. The summed E-state index contributed by atoms with van der Waals surface area (Å²) in [5.41, 5.74) is 2.84. The molecule has 1 saturated heterocycles. The minimum Gasteiger partial charge on any atom is -0.425 e. The second-order valence-corrected chi connectivity index (χ2v) is 6.53. The number of nitrogens with zero attached hydrogens (tertiary/aromatic N) is 4. The van der Waals surface area contributed by atoms with Crippen LogP contribution in [0.15, 0.2) is 4.42 Å². The molecule has 1 aliphatic carbocycles. The molecule has 0 saturated carbocycles. The predicted octanol–water partition coefficient (Wildman–Crippen LogP) is 2.00. The highest BCUT2D eigenvalue weighted by molar-refractivity contribution is 5.94. The first kappa shape index (κ1) is 14.4. The Bertz CT molecular complexity index is 735. The quantitative estimate of drug-likeness (QED) is 0.915. The van der Waals surface area contributed by atoms with Crippen molar-refractivity contribution in [3.8, 4) is 0 Å². The Morgan fingerprint density at radius 3 is 2.96 bits per heavy atom. The molecule has 0 unspecified atom stereocenters. The van der Waals surface area contributed by atoms with Gasteiger partial charge in [0.1, 0.15) is 0 Å². The molecule has 0 radical (unpaired) electrons. The van der Waals surface area contributed by atoms with Crippen LogP contribution in [-0.2, 0) is 12.8 Å². The highest BCUT2D eigenvalue weighted by Gasteiger charge is 2.37. The highest BCUT2D eigenvalue weighted by atomic mass is 16.4. The van der Waals surface area contributed by atoms with Crippen LogP contribution in [0.25, 0.3) is 0 Å². The molecule has 1 N–H and O–H groups in total. The molecule has 23 heavy (non-hydrogen) atoms. The molecule has 122 valence electrons. The number of carbonyl (C=O) groups excluding carboxylic acids is 1. The first-order valence-corrected chi connectivity index (χ1v) is 8.32. The summed E-state index contributed by atoms with van der Waals surface area (Å²) >= 11 is 0. The van der Waals surface area contributed by atoms with Crippen LogP contribution in [-0.4, -0.2) is 43.8 Å². The van der Waals surface area contributed by atoms with Gasteiger partial charge in [-0.25, -0.2) is 0 Å². The molecule has 2 aromatic rings. The molecule has 0 aromatic carbocycles. The molecule has 7 nitrogen and oxygen atoms in total. The van der Waals surface area contributed by atoms with E-state index in [2.05, 4.69) is 27.3 Å². The number of aromatic nitrogens is 4. The fraction of sp³-hybridized carbons (Fsp3) is 0.625. The molecule has 2 atom stereocenters.